The molecule has 1 atom stereocenters. The topological polar surface area (TPSA) is 70.5 Å². The molecule has 6 nitrogen and oxygen atoms in total. The van der Waals surface area contributed by atoms with Crippen LogP contribution in [0.3, 0.4) is 0 Å². The minimum absolute atomic E-state index is 0.347. The molecule has 6 heteroatoms. The lowest BCUT2D eigenvalue weighted by Crippen LogP contribution is -2.19. The fourth-order valence-corrected chi connectivity index (χ4v) is 1.31. The van der Waals surface area contributed by atoms with Crippen LogP contribution in [0.5, 0.6) is 0 Å². The summed E-state index contributed by atoms with van der Waals surface area (Å²) >= 11 is 0. The molecule has 0 spiro atoms. The van der Waals surface area contributed by atoms with Crippen LogP contribution in [0.2, 0.25) is 0 Å². The normalized spacial score (nSPS) is 12.2. The van der Waals surface area contributed by atoms with Crippen molar-refractivity contribution < 1.29 is 9.84 Å². The lowest BCUT2D eigenvalue weighted by molar-refractivity contribution is 0.0615. The summed E-state index contributed by atoms with van der Waals surface area (Å²) in [5.41, 5.74) is 0. The van der Waals surface area contributed by atoms with Crippen molar-refractivity contribution in [2.24, 2.45) is 0 Å². The van der Waals surface area contributed by atoms with E-state index in [0.29, 0.717) is 25.5 Å². The molecule has 0 saturated heterocycles. The van der Waals surface area contributed by atoms with Crippen molar-refractivity contribution in [1.82, 2.24) is 9.97 Å². The maximum Gasteiger partial charge on any atom is 0.224 e. The first kappa shape index (κ1) is 13.7. The van der Waals surface area contributed by atoms with E-state index < -0.39 is 6.10 Å². The van der Waals surface area contributed by atoms with Gasteiger partial charge in [-0.2, -0.15) is 4.98 Å². The average molecular weight is 240 g/mol. The Morgan fingerprint density at radius 1 is 1.53 bits per heavy atom. The zero-order chi connectivity index (χ0) is 12.7. The molecule has 0 aromatic carbocycles. The number of methoxy groups -OCH3 is 1. The van der Waals surface area contributed by atoms with Crippen molar-refractivity contribution in [3.05, 3.63) is 12.3 Å². The number of nitrogens with zero attached hydrogens (tertiary/aromatic N) is 3. The first-order chi connectivity index (χ1) is 8.13. The van der Waals surface area contributed by atoms with E-state index in [-0.39, 0.29) is 0 Å². The standard InChI is InChI=1S/C11H20N4O2/c1-15(2)10-5-7-13-11(14-10)12-6-4-9(16)8-17-3/h5,7,9,16H,4,6,8H2,1-3H3,(H,12,13,14). The molecule has 17 heavy (non-hydrogen) atoms. The van der Waals surface area contributed by atoms with Gasteiger partial charge in [0.25, 0.3) is 0 Å². The van der Waals surface area contributed by atoms with Crippen molar-refractivity contribution >= 4 is 11.8 Å². The minimum Gasteiger partial charge on any atom is -0.391 e. The number of aromatic nitrogens is 2. The van der Waals surface area contributed by atoms with Crippen molar-refractivity contribution in [2.75, 3.05) is 44.6 Å². The molecule has 1 aromatic rings. The molecule has 0 amide bonds. The molecule has 2 N–H and O–H groups in total. The molecular formula is C11H20N4O2. The monoisotopic (exact) mass is 240 g/mol. The fraction of sp³-hybridized carbons (Fsp3) is 0.636. The third kappa shape index (κ3) is 4.97. The first-order valence-electron chi connectivity index (χ1n) is 5.54. The summed E-state index contributed by atoms with van der Waals surface area (Å²) in [6, 6.07) is 1.84. The number of rotatable bonds is 7. The second kappa shape index (κ2) is 7.03. The van der Waals surface area contributed by atoms with Crippen LogP contribution in [0.15, 0.2) is 12.3 Å². The predicted molar refractivity (Wildman–Crippen MR) is 67.3 cm³/mol. The van der Waals surface area contributed by atoms with E-state index in [2.05, 4.69) is 15.3 Å². The van der Waals surface area contributed by atoms with Crippen LogP contribution in [0, 0.1) is 0 Å². The number of anilines is 2. The van der Waals surface area contributed by atoms with Gasteiger partial charge < -0.3 is 20.1 Å². The van der Waals surface area contributed by atoms with E-state index in [1.165, 1.54) is 0 Å². The number of aliphatic hydroxyl groups excluding tert-OH is 1. The molecule has 0 aliphatic carbocycles. The Balaban J connectivity index is 2.38. The second-order valence-corrected chi connectivity index (χ2v) is 3.96. The third-order valence-electron chi connectivity index (χ3n) is 2.22. The van der Waals surface area contributed by atoms with Crippen LogP contribution in [-0.4, -0.2) is 55.5 Å². The molecule has 1 heterocycles. The van der Waals surface area contributed by atoms with Gasteiger partial charge in [0.1, 0.15) is 5.82 Å². The third-order valence-corrected chi connectivity index (χ3v) is 2.22. The van der Waals surface area contributed by atoms with Gasteiger partial charge in [-0.05, 0) is 12.5 Å². The van der Waals surface area contributed by atoms with Gasteiger partial charge in [-0.15, -0.1) is 0 Å². The molecule has 0 radical (unpaired) electrons. The van der Waals surface area contributed by atoms with Crippen molar-refractivity contribution in [2.45, 2.75) is 12.5 Å². The summed E-state index contributed by atoms with van der Waals surface area (Å²) in [6.45, 7) is 0.960. The SMILES string of the molecule is COCC(O)CCNc1nccc(N(C)C)n1. The van der Waals surface area contributed by atoms with Crippen LogP contribution in [0.25, 0.3) is 0 Å². The van der Waals surface area contributed by atoms with E-state index in [9.17, 15) is 5.11 Å². The number of aliphatic hydroxyl groups is 1. The fourth-order valence-electron chi connectivity index (χ4n) is 1.31. The summed E-state index contributed by atoms with van der Waals surface area (Å²) in [5, 5.41) is 12.5. The van der Waals surface area contributed by atoms with Gasteiger partial charge >= 0.3 is 0 Å². The Morgan fingerprint density at radius 3 is 2.94 bits per heavy atom. The van der Waals surface area contributed by atoms with Crippen LogP contribution >= 0.6 is 0 Å². The quantitative estimate of drug-likeness (QED) is 0.716. The summed E-state index contributed by atoms with van der Waals surface area (Å²) in [4.78, 5) is 10.3. The molecular weight excluding hydrogens is 220 g/mol. The first-order valence-corrected chi connectivity index (χ1v) is 5.54. The van der Waals surface area contributed by atoms with Gasteiger partial charge in [0, 0.05) is 33.9 Å². The lowest BCUT2D eigenvalue weighted by atomic mass is 10.3. The van der Waals surface area contributed by atoms with Crippen LogP contribution in [-0.2, 0) is 4.74 Å². The van der Waals surface area contributed by atoms with Crippen LogP contribution < -0.4 is 10.2 Å². The number of ether oxygens (including phenoxy) is 1. The van der Waals surface area contributed by atoms with E-state index in [0.717, 1.165) is 5.82 Å². The lowest BCUT2D eigenvalue weighted by Gasteiger charge is -2.13. The Labute approximate surface area is 102 Å². The molecule has 0 fully saturated rings. The van der Waals surface area contributed by atoms with E-state index in [1.807, 2.05) is 25.1 Å². The van der Waals surface area contributed by atoms with E-state index >= 15 is 0 Å². The highest BCUT2D eigenvalue weighted by molar-refractivity contribution is 5.40. The van der Waals surface area contributed by atoms with Crippen molar-refractivity contribution in [1.29, 1.82) is 0 Å². The van der Waals surface area contributed by atoms with Gasteiger partial charge in [-0.3, -0.25) is 0 Å². The maximum atomic E-state index is 9.46. The minimum atomic E-state index is -0.454. The smallest absolute Gasteiger partial charge is 0.224 e. The molecule has 0 aliphatic rings. The van der Waals surface area contributed by atoms with Gasteiger partial charge in [-0.25, -0.2) is 4.98 Å². The average Bonchev–Trinajstić information content (AvgIpc) is 2.30. The molecule has 1 rings (SSSR count). The summed E-state index contributed by atoms with van der Waals surface area (Å²) in [6.07, 6.45) is 1.85. The Kier molecular flexibility index (Phi) is 5.65. The maximum absolute atomic E-state index is 9.46. The van der Waals surface area contributed by atoms with Gasteiger partial charge in [0.2, 0.25) is 5.95 Å². The molecule has 0 bridgehead atoms. The molecule has 0 aliphatic heterocycles. The molecule has 96 valence electrons. The predicted octanol–water partition coefficient (Wildman–Crippen LogP) is 0.352. The Morgan fingerprint density at radius 2 is 2.29 bits per heavy atom. The van der Waals surface area contributed by atoms with Gasteiger partial charge in [-0.1, -0.05) is 0 Å². The Bertz CT molecular complexity index is 333. The van der Waals surface area contributed by atoms with Crippen LogP contribution in [0.4, 0.5) is 11.8 Å². The van der Waals surface area contributed by atoms with Gasteiger partial charge in [0.15, 0.2) is 0 Å². The zero-order valence-corrected chi connectivity index (χ0v) is 10.6. The molecule has 1 aromatic heterocycles. The van der Waals surface area contributed by atoms with Crippen molar-refractivity contribution in [3.63, 3.8) is 0 Å². The number of nitrogens with one attached hydrogen (secondary N) is 1. The number of hydrogen-bond acceptors (Lipinski definition) is 6. The summed E-state index contributed by atoms with van der Waals surface area (Å²) in [7, 11) is 5.42. The molecule has 1 unspecified atom stereocenters. The van der Waals surface area contributed by atoms with Crippen molar-refractivity contribution in [3.8, 4) is 0 Å². The summed E-state index contributed by atoms with van der Waals surface area (Å²) in [5.74, 6) is 1.42. The second-order valence-electron chi connectivity index (χ2n) is 3.96. The Hall–Kier alpha value is -1.40. The zero-order valence-electron chi connectivity index (χ0n) is 10.6. The van der Waals surface area contributed by atoms with Crippen LogP contribution in [0.1, 0.15) is 6.42 Å². The highest BCUT2D eigenvalue weighted by Gasteiger charge is 2.04. The largest absolute Gasteiger partial charge is 0.391 e. The summed E-state index contributed by atoms with van der Waals surface area (Å²) < 4.78 is 4.84. The highest BCUT2D eigenvalue weighted by atomic mass is 16.5. The van der Waals surface area contributed by atoms with E-state index in [1.54, 1.807) is 13.3 Å². The van der Waals surface area contributed by atoms with E-state index in [4.69, 9.17) is 4.74 Å². The molecule has 0 saturated carbocycles. The highest BCUT2D eigenvalue weighted by Crippen LogP contribution is 2.08. The van der Waals surface area contributed by atoms with Gasteiger partial charge in [0.05, 0.1) is 12.7 Å². The number of hydrogen-bond donors (Lipinski definition) is 2.